The topological polar surface area (TPSA) is 117 Å². The van der Waals surface area contributed by atoms with Crippen molar-refractivity contribution >= 4 is 23.4 Å². The Hall–Kier alpha value is -2.65. The number of rotatable bonds is 6. The Morgan fingerprint density at radius 3 is 2.25 bits per heavy atom. The van der Waals surface area contributed by atoms with E-state index in [0.717, 1.165) is 4.90 Å². The van der Waals surface area contributed by atoms with Crippen molar-refractivity contribution < 1.29 is 24.0 Å². The summed E-state index contributed by atoms with van der Waals surface area (Å²) >= 11 is 0. The molecule has 110 valence electrons. The third-order valence-electron chi connectivity index (χ3n) is 2.38. The van der Waals surface area contributed by atoms with E-state index in [-0.39, 0.29) is 24.6 Å². The van der Waals surface area contributed by atoms with Gasteiger partial charge in [0, 0.05) is 7.05 Å². The highest BCUT2D eigenvalue weighted by atomic mass is 16.6. The predicted octanol–water partition coefficient (Wildman–Crippen LogP) is -0.519. The van der Waals surface area contributed by atoms with Gasteiger partial charge >= 0.3 is 17.6 Å². The van der Waals surface area contributed by atoms with E-state index in [0.29, 0.717) is 0 Å². The van der Waals surface area contributed by atoms with Gasteiger partial charge in [0.2, 0.25) is 5.82 Å². The third-order valence-corrected chi connectivity index (χ3v) is 2.38. The molecular formula is C10H14N4O6. The van der Waals surface area contributed by atoms with E-state index in [9.17, 15) is 19.7 Å². The first-order valence-electron chi connectivity index (χ1n) is 5.45. The lowest BCUT2D eigenvalue weighted by Gasteiger charge is -2.18. The number of carbonyl (C=O) groups is 2. The number of esters is 2. The maximum atomic E-state index is 11.3. The quantitative estimate of drug-likeness (QED) is 0.389. The molecule has 0 unspecified atom stereocenters. The van der Waals surface area contributed by atoms with Gasteiger partial charge < -0.3 is 14.4 Å². The maximum Gasteiger partial charge on any atom is 0.330 e. The Bertz CT molecular complexity index is 508. The van der Waals surface area contributed by atoms with Crippen LogP contribution in [0.15, 0.2) is 6.20 Å². The molecule has 1 rings (SSSR count). The van der Waals surface area contributed by atoms with Crippen molar-refractivity contribution in [2.75, 3.05) is 32.2 Å². The number of anilines is 1. The van der Waals surface area contributed by atoms with Crippen LogP contribution in [0.1, 0.15) is 0 Å². The monoisotopic (exact) mass is 286 g/mol. The van der Waals surface area contributed by atoms with Crippen LogP contribution in [-0.2, 0) is 26.1 Å². The van der Waals surface area contributed by atoms with Gasteiger partial charge in [-0.1, -0.05) is 0 Å². The second-order valence-electron chi connectivity index (χ2n) is 3.78. The van der Waals surface area contributed by atoms with Crippen molar-refractivity contribution in [2.45, 2.75) is 0 Å². The van der Waals surface area contributed by atoms with Crippen LogP contribution < -0.4 is 4.90 Å². The van der Waals surface area contributed by atoms with Crippen molar-refractivity contribution in [3.05, 3.63) is 16.3 Å². The Balaban J connectivity index is 3.11. The van der Waals surface area contributed by atoms with Crippen molar-refractivity contribution in [2.24, 2.45) is 7.05 Å². The number of nitro groups is 1. The molecule has 0 saturated heterocycles. The van der Waals surface area contributed by atoms with Crippen LogP contribution in [0.5, 0.6) is 0 Å². The molecule has 0 aliphatic heterocycles. The smallest absolute Gasteiger partial charge is 0.330 e. The number of carbonyl (C=O) groups excluding carboxylic acids is 2. The van der Waals surface area contributed by atoms with E-state index in [2.05, 4.69) is 14.6 Å². The van der Waals surface area contributed by atoms with Gasteiger partial charge in [-0.15, -0.1) is 5.10 Å². The van der Waals surface area contributed by atoms with Crippen LogP contribution in [0.25, 0.3) is 0 Å². The molecule has 0 saturated carbocycles. The number of methoxy groups -OCH3 is 2. The van der Waals surface area contributed by atoms with Gasteiger partial charge in [0.25, 0.3) is 0 Å². The number of aryl methyl sites for hydroxylation is 1. The van der Waals surface area contributed by atoms with Crippen molar-refractivity contribution in [3.8, 4) is 0 Å². The molecule has 0 bridgehead atoms. The predicted molar refractivity (Wildman–Crippen MR) is 66.1 cm³/mol. The first-order valence-corrected chi connectivity index (χ1v) is 5.45. The molecular weight excluding hydrogens is 272 g/mol. The lowest BCUT2D eigenvalue weighted by Crippen LogP contribution is -2.36. The van der Waals surface area contributed by atoms with E-state index in [1.54, 1.807) is 0 Å². The summed E-state index contributed by atoms with van der Waals surface area (Å²) in [6.07, 6.45) is 1.18. The van der Waals surface area contributed by atoms with Gasteiger partial charge in [0.15, 0.2) is 0 Å². The Morgan fingerprint density at radius 1 is 1.35 bits per heavy atom. The summed E-state index contributed by atoms with van der Waals surface area (Å²) in [7, 11) is 3.84. The average molecular weight is 286 g/mol. The Labute approximate surface area is 114 Å². The molecule has 1 heterocycles. The second-order valence-corrected chi connectivity index (χ2v) is 3.78. The summed E-state index contributed by atoms with van der Waals surface area (Å²) < 4.78 is 10.2. The summed E-state index contributed by atoms with van der Waals surface area (Å²) in [4.78, 5) is 34.1. The molecule has 0 fully saturated rings. The molecule has 0 spiro atoms. The van der Waals surface area contributed by atoms with E-state index < -0.39 is 16.9 Å². The van der Waals surface area contributed by atoms with Gasteiger partial charge in [0.05, 0.1) is 19.1 Å². The fraction of sp³-hybridized carbons (Fsp3) is 0.500. The normalized spacial score (nSPS) is 9.95. The van der Waals surface area contributed by atoms with Gasteiger partial charge in [-0.05, 0) is 0 Å². The minimum atomic E-state index is -0.658. The summed E-state index contributed by atoms with van der Waals surface area (Å²) in [6, 6.07) is 0. The number of hydrogen-bond acceptors (Lipinski definition) is 8. The maximum absolute atomic E-state index is 11.3. The number of nitrogens with zero attached hydrogens (tertiary/aromatic N) is 4. The summed E-state index contributed by atoms with van der Waals surface area (Å²) in [6.45, 7) is -0.715. The zero-order valence-electron chi connectivity index (χ0n) is 11.2. The Morgan fingerprint density at radius 2 is 1.85 bits per heavy atom. The molecule has 0 N–H and O–H groups in total. The molecule has 0 aliphatic carbocycles. The van der Waals surface area contributed by atoms with Gasteiger partial charge in [-0.2, -0.15) is 0 Å². The van der Waals surface area contributed by atoms with Crippen LogP contribution in [0.3, 0.4) is 0 Å². The van der Waals surface area contributed by atoms with Crippen molar-refractivity contribution in [3.63, 3.8) is 0 Å². The number of ether oxygens (including phenoxy) is 2. The molecule has 1 aromatic heterocycles. The molecule has 0 aliphatic rings. The first-order chi connectivity index (χ1) is 9.38. The van der Waals surface area contributed by atoms with E-state index in [1.165, 1.54) is 32.1 Å². The molecule has 0 radical (unpaired) electrons. The van der Waals surface area contributed by atoms with Gasteiger partial charge in [-0.25, -0.2) is 0 Å². The minimum Gasteiger partial charge on any atom is -0.468 e. The van der Waals surface area contributed by atoms with E-state index >= 15 is 0 Å². The highest BCUT2D eigenvalue weighted by Crippen LogP contribution is 2.25. The van der Waals surface area contributed by atoms with Crippen LogP contribution in [0.4, 0.5) is 11.5 Å². The highest BCUT2D eigenvalue weighted by molar-refractivity contribution is 5.82. The fourth-order valence-electron chi connectivity index (χ4n) is 1.46. The van der Waals surface area contributed by atoms with Crippen LogP contribution >= 0.6 is 0 Å². The lowest BCUT2D eigenvalue weighted by molar-refractivity contribution is -0.384. The molecule has 20 heavy (non-hydrogen) atoms. The summed E-state index contributed by atoms with van der Waals surface area (Å²) in [5.41, 5.74) is -0.319. The number of aromatic nitrogens is 2. The zero-order chi connectivity index (χ0) is 15.3. The van der Waals surface area contributed by atoms with Crippen LogP contribution in [-0.4, -0.2) is 54.0 Å². The standard InChI is InChI=1S/C10H14N4O6/c1-12-4-7(14(17)18)10(11-12)13(5-8(15)19-2)6-9(16)20-3/h4H,5-6H2,1-3H3. The summed E-state index contributed by atoms with van der Waals surface area (Å²) in [5.74, 6) is -1.42. The first kappa shape index (κ1) is 15.4. The minimum absolute atomic E-state index is 0.103. The SMILES string of the molecule is COC(=O)CN(CC(=O)OC)c1nn(C)cc1[N+](=O)[O-]. The van der Waals surface area contributed by atoms with Crippen molar-refractivity contribution in [1.82, 2.24) is 9.78 Å². The van der Waals surface area contributed by atoms with Crippen LogP contribution in [0, 0.1) is 10.1 Å². The Kier molecular flexibility index (Phi) is 5.01. The highest BCUT2D eigenvalue weighted by Gasteiger charge is 2.27. The molecule has 0 amide bonds. The molecule has 1 aromatic rings. The average Bonchev–Trinajstić information content (AvgIpc) is 2.79. The van der Waals surface area contributed by atoms with Gasteiger partial charge in [-0.3, -0.25) is 24.4 Å². The largest absolute Gasteiger partial charge is 0.468 e. The number of hydrogen-bond donors (Lipinski definition) is 0. The summed E-state index contributed by atoms with van der Waals surface area (Å²) in [5, 5.41) is 14.8. The lowest BCUT2D eigenvalue weighted by atomic mass is 10.4. The molecule has 0 aromatic carbocycles. The second kappa shape index (κ2) is 6.50. The van der Waals surface area contributed by atoms with Crippen LogP contribution in [0.2, 0.25) is 0 Å². The molecule has 10 heteroatoms. The molecule has 10 nitrogen and oxygen atoms in total. The zero-order valence-corrected chi connectivity index (χ0v) is 11.2. The molecule has 0 atom stereocenters. The van der Waals surface area contributed by atoms with Crippen molar-refractivity contribution in [1.29, 1.82) is 0 Å². The third kappa shape index (κ3) is 3.67. The van der Waals surface area contributed by atoms with E-state index in [4.69, 9.17) is 0 Å². The fourth-order valence-corrected chi connectivity index (χ4v) is 1.46. The van der Waals surface area contributed by atoms with Gasteiger partial charge in [0.1, 0.15) is 19.3 Å². The van der Waals surface area contributed by atoms with E-state index in [1.807, 2.05) is 0 Å².